The monoisotopic (exact) mass is 282 g/mol. The van der Waals surface area contributed by atoms with Gasteiger partial charge < -0.3 is 14.8 Å². The second-order valence-corrected chi connectivity index (χ2v) is 4.46. The highest BCUT2D eigenvalue weighted by atomic mass is 16.6. The summed E-state index contributed by atoms with van der Waals surface area (Å²) in [5.41, 5.74) is 0.722. The van der Waals surface area contributed by atoms with Crippen molar-refractivity contribution in [2.75, 3.05) is 20.8 Å². The number of nitro benzene ring substituents is 1. The third kappa shape index (κ3) is 3.84. The Hall–Kier alpha value is -1.82. The number of hydrogen-bond acceptors (Lipinski definition) is 5. The van der Waals surface area contributed by atoms with Crippen molar-refractivity contribution in [3.05, 3.63) is 27.8 Å². The summed E-state index contributed by atoms with van der Waals surface area (Å²) < 4.78 is 10.3. The van der Waals surface area contributed by atoms with Crippen LogP contribution in [0.2, 0.25) is 0 Å². The van der Waals surface area contributed by atoms with Gasteiger partial charge in [-0.1, -0.05) is 13.8 Å². The van der Waals surface area contributed by atoms with Gasteiger partial charge in [0, 0.05) is 11.6 Å². The van der Waals surface area contributed by atoms with E-state index in [4.69, 9.17) is 9.47 Å². The van der Waals surface area contributed by atoms with Crippen molar-refractivity contribution in [2.24, 2.45) is 0 Å². The number of hydrogen-bond donors (Lipinski definition) is 1. The van der Waals surface area contributed by atoms with Crippen LogP contribution in [0.25, 0.3) is 0 Å². The van der Waals surface area contributed by atoms with Crippen LogP contribution < -0.4 is 14.8 Å². The van der Waals surface area contributed by atoms with Gasteiger partial charge in [0.2, 0.25) is 0 Å². The zero-order valence-corrected chi connectivity index (χ0v) is 12.4. The van der Waals surface area contributed by atoms with Gasteiger partial charge in [-0.2, -0.15) is 0 Å². The van der Waals surface area contributed by atoms with E-state index in [-0.39, 0.29) is 16.7 Å². The summed E-state index contributed by atoms with van der Waals surface area (Å²) in [6.45, 7) is 4.91. The summed E-state index contributed by atoms with van der Waals surface area (Å²) in [7, 11) is 2.99. The number of methoxy groups -OCH3 is 2. The molecule has 112 valence electrons. The maximum absolute atomic E-state index is 11.2. The first-order valence-corrected chi connectivity index (χ1v) is 6.69. The van der Waals surface area contributed by atoms with Crippen LogP contribution in [-0.4, -0.2) is 31.7 Å². The molecule has 0 heterocycles. The summed E-state index contributed by atoms with van der Waals surface area (Å²) in [6, 6.07) is 3.32. The van der Waals surface area contributed by atoms with Crippen molar-refractivity contribution in [3.8, 4) is 11.5 Å². The number of likely N-dealkylation sites (N-methyl/N-ethyl adjacent to an activating group) is 1. The van der Waals surface area contributed by atoms with Gasteiger partial charge in [-0.3, -0.25) is 10.1 Å². The molecule has 0 radical (unpaired) electrons. The molecule has 1 N–H and O–H groups in total. The molecule has 6 heteroatoms. The van der Waals surface area contributed by atoms with Crippen molar-refractivity contribution >= 4 is 5.69 Å². The van der Waals surface area contributed by atoms with E-state index in [0.717, 1.165) is 13.0 Å². The van der Waals surface area contributed by atoms with Crippen LogP contribution in [-0.2, 0) is 6.42 Å². The second kappa shape index (κ2) is 7.69. The Bertz CT molecular complexity index is 463. The molecule has 1 aromatic carbocycles. The molecule has 0 aliphatic heterocycles. The molecule has 0 saturated carbocycles. The van der Waals surface area contributed by atoms with E-state index < -0.39 is 0 Å². The molecule has 0 amide bonds. The third-order valence-corrected chi connectivity index (χ3v) is 3.23. The predicted molar refractivity (Wildman–Crippen MR) is 77.7 cm³/mol. The molecule has 0 fully saturated rings. The van der Waals surface area contributed by atoms with Crippen molar-refractivity contribution < 1.29 is 14.4 Å². The molecule has 1 rings (SSSR count). The molecule has 20 heavy (non-hydrogen) atoms. The summed E-state index contributed by atoms with van der Waals surface area (Å²) in [6.07, 6.45) is 1.49. The smallest absolute Gasteiger partial charge is 0.276 e. The highest BCUT2D eigenvalue weighted by molar-refractivity contribution is 5.54. The lowest BCUT2D eigenvalue weighted by Gasteiger charge is -2.17. The minimum absolute atomic E-state index is 0.0685. The number of nitrogens with one attached hydrogen (secondary N) is 1. The minimum Gasteiger partial charge on any atom is -0.493 e. The first-order chi connectivity index (χ1) is 9.57. The largest absolute Gasteiger partial charge is 0.493 e. The molecule has 0 aromatic heterocycles. The number of nitrogens with zero attached hydrogens (tertiary/aromatic N) is 1. The van der Waals surface area contributed by atoms with Crippen molar-refractivity contribution in [1.29, 1.82) is 0 Å². The van der Waals surface area contributed by atoms with Gasteiger partial charge in [-0.05, 0) is 25.5 Å². The average Bonchev–Trinajstić information content (AvgIpc) is 2.45. The van der Waals surface area contributed by atoms with Crippen LogP contribution in [0.5, 0.6) is 11.5 Å². The highest BCUT2D eigenvalue weighted by Gasteiger charge is 2.21. The first-order valence-electron chi connectivity index (χ1n) is 6.69. The fourth-order valence-corrected chi connectivity index (χ4v) is 2.16. The molecule has 0 aliphatic carbocycles. The summed E-state index contributed by atoms with van der Waals surface area (Å²) >= 11 is 0. The second-order valence-electron chi connectivity index (χ2n) is 4.46. The Kier molecular flexibility index (Phi) is 6.24. The van der Waals surface area contributed by atoms with Gasteiger partial charge in [-0.15, -0.1) is 0 Å². The van der Waals surface area contributed by atoms with E-state index in [1.165, 1.54) is 20.3 Å². The first kappa shape index (κ1) is 16.2. The van der Waals surface area contributed by atoms with E-state index in [9.17, 15) is 10.1 Å². The summed E-state index contributed by atoms with van der Waals surface area (Å²) in [4.78, 5) is 10.8. The van der Waals surface area contributed by atoms with E-state index in [0.29, 0.717) is 23.5 Å². The number of nitro groups is 1. The summed E-state index contributed by atoms with van der Waals surface area (Å²) in [5, 5.41) is 14.5. The van der Waals surface area contributed by atoms with Crippen LogP contribution >= 0.6 is 0 Å². The quantitative estimate of drug-likeness (QED) is 0.586. The molecule has 0 aliphatic rings. The SMILES string of the molecule is CCNC(CC)Cc1cc(OC)c(OC)cc1[N+](=O)[O-]. The maximum Gasteiger partial charge on any atom is 0.276 e. The van der Waals surface area contributed by atoms with Gasteiger partial charge >= 0.3 is 0 Å². The molecule has 0 spiro atoms. The van der Waals surface area contributed by atoms with Crippen molar-refractivity contribution in [2.45, 2.75) is 32.7 Å². The van der Waals surface area contributed by atoms with Crippen molar-refractivity contribution in [1.82, 2.24) is 5.32 Å². The molecule has 1 aromatic rings. The van der Waals surface area contributed by atoms with Crippen LogP contribution in [0, 0.1) is 10.1 Å². The Balaban J connectivity index is 3.18. The van der Waals surface area contributed by atoms with Crippen LogP contribution in [0.15, 0.2) is 12.1 Å². The Labute approximate surface area is 119 Å². The number of rotatable bonds is 8. The Morgan fingerprint density at radius 1 is 1.25 bits per heavy atom. The van der Waals surface area contributed by atoms with E-state index in [1.54, 1.807) is 6.07 Å². The zero-order valence-electron chi connectivity index (χ0n) is 12.4. The van der Waals surface area contributed by atoms with E-state index in [2.05, 4.69) is 12.2 Å². The van der Waals surface area contributed by atoms with Crippen LogP contribution in [0.4, 0.5) is 5.69 Å². The van der Waals surface area contributed by atoms with Crippen LogP contribution in [0.1, 0.15) is 25.8 Å². The number of benzene rings is 1. The molecular weight excluding hydrogens is 260 g/mol. The third-order valence-electron chi connectivity index (χ3n) is 3.23. The lowest BCUT2D eigenvalue weighted by molar-refractivity contribution is -0.385. The van der Waals surface area contributed by atoms with Gasteiger partial charge in [0.05, 0.1) is 25.2 Å². The molecular formula is C14H22N2O4. The molecule has 6 nitrogen and oxygen atoms in total. The molecule has 1 atom stereocenters. The molecule has 0 bridgehead atoms. The van der Waals surface area contributed by atoms with E-state index in [1.807, 2.05) is 6.92 Å². The van der Waals surface area contributed by atoms with Crippen LogP contribution in [0.3, 0.4) is 0 Å². The van der Waals surface area contributed by atoms with Gasteiger partial charge in [0.1, 0.15) is 0 Å². The fraction of sp³-hybridized carbons (Fsp3) is 0.571. The summed E-state index contributed by atoms with van der Waals surface area (Å²) in [5.74, 6) is 0.888. The molecule has 1 unspecified atom stereocenters. The predicted octanol–water partition coefficient (Wildman–Crippen LogP) is 2.54. The minimum atomic E-state index is -0.379. The highest BCUT2D eigenvalue weighted by Crippen LogP contribution is 2.35. The van der Waals surface area contributed by atoms with Gasteiger partial charge in [-0.25, -0.2) is 0 Å². The molecule has 0 saturated heterocycles. The van der Waals surface area contributed by atoms with Gasteiger partial charge in [0.25, 0.3) is 5.69 Å². The average molecular weight is 282 g/mol. The van der Waals surface area contributed by atoms with Gasteiger partial charge in [0.15, 0.2) is 11.5 Å². The lowest BCUT2D eigenvalue weighted by Crippen LogP contribution is -2.30. The fourth-order valence-electron chi connectivity index (χ4n) is 2.16. The Morgan fingerprint density at radius 2 is 1.85 bits per heavy atom. The van der Waals surface area contributed by atoms with Crippen molar-refractivity contribution in [3.63, 3.8) is 0 Å². The standard InChI is InChI=1S/C14H22N2O4/c1-5-11(15-6-2)7-10-8-13(19-3)14(20-4)9-12(10)16(17)18/h8-9,11,15H,5-7H2,1-4H3. The number of ether oxygens (including phenoxy) is 2. The Morgan fingerprint density at radius 3 is 2.30 bits per heavy atom. The zero-order chi connectivity index (χ0) is 15.1. The lowest BCUT2D eigenvalue weighted by atomic mass is 10.0. The maximum atomic E-state index is 11.2. The van der Waals surface area contributed by atoms with E-state index >= 15 is 0 Å². The topological polar surface area (TPSA) is 73.6 Å². The normalized spacial score (nSPS) is 12.0.